The number of rotatable bonds is 6. The average molecular weight is 298 g/mol. The van der Waals surface area contributed by atoms with Crippen LogP contribution in [-0.4, -0.2) is 16.6 Å². The van der Waals surface area contributed by atoms with Crippen LogP contribution in [0.5, 0.6) is 0 Å². The third-order valence-corrected chi connectivity index (χ3v) is 4.50. The van der Waals surface area contributed by atoms with E-state index in [4.69, 9.17) is 0 Å². The van der Waals surface area contributed by atoms with Crippen molar-refractivity contribution in [1.82, 2.24) is 10.3 Å². The number of nitrogens with zero attached hydrogens (tertiary/aromatic N) is 1. The average Bonchev–Trinajstić information content (AvgIpc) is 3.37. The molecule has 1 fully saturated rings. The third kappa shape index (κ3) is 4.08. The van der Waals surface area contributed by atoms with Gasteiger partial charge in [0.05, 0.1) is 16.8 Å². The van der Waals surface area contributed by atoms with E-state index in [1.165, 1.54) is 30.2 Å². The molecule has 1 aliphatic rings. The fourth-order valence-corrected chi connectivity index (χ4v) is 3.02. The first kappa shape index (κ1) is 14.1. The lowest BCUT2D eigenvalue weighted by molar-refractivity contribution is -0.119. The third-order valence-electron chi connectivity index (χ3n) is 3.56. The summed E-state index contributed by atoms with van der Waals surface area (Å²) in [5.41, 5.74) is 1.20. The van der Waals surface area contributed by atoms with Crippen molar-refractivity contribution >= 4 is 17.7 Å². The Morgan fingerprint density at radius 2 is 1.95 bits per heavy atom. The standard InChI is InChI=1S/C17H18N2OS/c20-15(12-21-16-8-4-5-11-18-16)19-17(14-9-10-14)13-6-2-1-3-7-13/h1-8,11,14,17H,9-10,12H2,(H,19,20). The van der Waals surface area contributed by atoms with Gasteiger partial charge >= 0.3 is 0 Å². The molecule has 1 heterocycles. The quantitative estimate of drug-likeness (QED) is 0.831. The summed E-state index contributed by atoms with van der Waals surface area (Å²) in [7, 11) is 0. The van der Waals surface area contributed by atoms with Gasteiger partial charge in [0.2, 0.25) is 5.91 Å². The molecule has 0 aliphatic heterocycles. The summed E-state index contributed by atoms with van der Waals surface area (Å²) in [6.07, 6.45) is 4.15. The normalized spacial score (nSPS) is 15.4. The molecule has 4 heteroatoms. The lowest BCUT2D eigenvalue weighted by atomic mass is 10.0. The van der Waals surface area contributed by atoms with Crippen LogP contribution in [-0.2, 0) is 4.79 Å². The van der Waals surface area contributed by atoms with Gasteiger partial charge in [-0.3, -0.25) is 4.79 Å². The van der Waals surface area contributed by atoms with E-state index in [1.54, 1.807) is 6.20 Å². The van der Waals surface area contributed by atoms with Crippen molar-refractivity contribution in [3.63, 3.8) is 0 Å². The van der Waals surface area contributed by atoms with Gasteiger partial charge in [0.25, 0.3) is 0 Å². The van der Waals surface area contributed by atoms with Crippen LogP contribution in [0.15, 0.2) is 59.8 Å². The van der Waals surface area contributed by atoms with Gasteiger partial charge in [-0.25, -0.2) is 4.98 Å². The molecule has 21 heavy (non-hydrogen) atoms. The Morgan fingerprint density at radius 1 is 1.19 bits per heavy atom. The van der Waals surface area contributed by atoms with Crippen LogP contribution in [0.25, 0.3) is 0 Å². The zero-order valence-corrected chi connectivity index (χ0v) is 12.6. The summed E-state index contributed by atoms with van der Waals surface area (Å²) in [5, 5.41) is 4.06. The molecule has 0 radical (unpaired) electrons. The van der Waals surface area contributed by atoms with Crippen LogP contribution >= 0.6 is 11.8 Å². The van der Waals surface area contributed by atoms with Crippen LogP contribution in [0.1, 0.15) is 24.4 Å². The largest absolute Gasteiger partial charge is 0.348 e. The monoisotopic (exact) mass is 298 g/mol. The van der Waals surface area contributed by atoms with E-state index < -0.39 is 0 Å². The molecule has 0 saturated heterocycles. The molecule has 0 spiro atoms. The number of pyridine rings is 1. The van der Waals surface area contributed by atoms with E-state index >= 15 is 0 Å². The van der Waals surface area contributed by atoms with Crippen LogP contribution < -0.4 is 5.32 Å². The zero-order chi connectivity index (χ0) is 14.5. The van der Waals surface area contributed by atoms with Crippen molar-refractivity contribution in [2.45, 2.75) is 23.9 Å². The van der Waals surface area contributed by atoms with Gasteiger partial charge in [0, 0.05) is 6.20 Å². The highest BCUT2D eigenvalue weighted by Crippen LogP contribution is 2.40. The van der Waals surface area contributed by atoms with Crippen molar-refractivity contribution in [3.8, 4) is 0 Å². The number of nitrogens with one attached hydrogen (secondary N) is 1. The minimum absolute atomic E-state index is 0.0754. The summed E-state index contributed by atoms with van der Waals surface area (Å²) in [4.78, 5) is 16.4. The zero-order valence-electron chi connectivity index (χ0n) is 11.7. The first-order valence-electron chi connectivity index (χ1n) is 7.21. The van der Waals surface area contributed by atoms with E-state index in [1.807, 2.05) is 36.4 Å². The summed E-state index contributed by atoms with van der Waals surface area (Å²) in [5.74, 6) is 1.08. The predicted molar refractivity (Wildman–Crippen MR) is 85.0 cm³/mol. The molecule has 2 aromatic rings. The first-order valence-corrected chi connectivity index (χ1v) is 8.19. The number of amides is 1. The molecule has 1 N–H and O–H groups in total. The summed E-state index contributed by atoms with van der Waals surface area (Å²) in [6.45, 7) is 0. The number of aromatic nitrogens is 1. The summed E-state index contributed by atoms with van der Waals surface area (Å²) < 4.78 is 0. The lowest BCUT2D eigenvalue weighted by Gasteiger charge is -2.18. The SMILES string of the molecule is O=C(CSc1ccccn1)NC(c1ccccc1)C1CC1. The fraction of sp³-hybridized carbons (Fsp3) is 0.294. The van der Waals surface area contributed by atoms with E-state index in [9.17, 15) is 4.79 Å². The molecule has 108 valence electrons. The number of carbonyl (C=O) groups excluding carboxylic acids is 1. The van der Waals surface area contributed by atoms with Crippen LogP contribution in [0.4, 0.5) is 0 Å². The molecule has 1 saturated carbocycles. The van der Waals surface area contributed by atoms with Gasteiger partial charge in [-0.15, -0.1) is 0 Å². The van der Waals surface area contributed by atoms with E-state index in [0.717, 1.165) is 5.03 Å². The maximum absolute atomic E-state index is 12.2. The molecule has 1 aromatic carbocycles. The van der Waals surface area contributed by atoms with E-state index in [-0.39, 0.29) is 11.9 Å². The van der Waals surface area contributed by atoms with Gasteiger partial charge in [-0.2, -0.15) is 0 Å². The Bertz CT molecular complexity index is 584. The highest BCUT2D eigenvalue weighted by molar-refractivity contribution is 7.99. The minimum atomic E-state index is 0.0754. The summed E-state index contributed by atoms with van der Waals surface area (Å²) >= 11 is 1.47. The Kier molecular flexibility index (Phi) is 4.55. The van der Waals surface area contributed by atoms with Gasteiger partial charge in [-0.1, -0.05) is 48.2 Å². The van der Waals surface area contributed by atoms with Crippen molar-refractivity contribution in [3.05, 3.63) is 60.3 Å². The number of hydrogen-bond donors (Lipinski definition) is 1. The molecule has 1 atom stereocenters. The van der Waals surface area contributed by atoms with Crippen molar-refractivity contribution in [1.29, 1.82) is 0 Å². The second kappa shape index (κ2) is 6.76. The second-order valence-electron chi connectivity index (χ2n) is 5.25. The minimum Gasteiger partial charge on any atom is -0.348 e. The molecule has 3 nitrogen and oxygen atoms in total. The molecular weight excluding hydrogens is 280 g/mol. The van der Waals surface area contributed by atoms with E-state index in [2.05, 4.69) is 22.4 Å². The fourth-order valence-electron chi connectivity index (χ4n) is 2.35. The van der Waals surface area contributed by atoms with Crippen molar-refractivity contribution in [2.75, 3.05) is 5.75 Å². The number of thioether (sulfide) groups is 1. The van der Waals surface area contributed by atoms with Gasteiger partial charge in [-0.05, 0) is 36.5 Å². The van der Waals surface area contributed by atoms with Crippen LogP contribution in [0.2, 0.25) is 0 Å². The Labute approximate surface area is 129 Å². The highest BCUT2D eigenvalue weighted by Gasteiger charge is 2.33. The first-order chi connectivity index (χ1) is 10.3. The van der Waals surface area contributed by atoms with Crippen LogP contribution in [0, 0.1) is 5.92 Å². The predicted octanol–water partition coefficient (Wildman–Crippen LogP) is 3.44. The van der Waals surface area contributed by atoms with Gasteiger partial charge < -0.3 is 5.32 Å². The molecule has 1 unspecified atom stereocenters. The topological polar surface area (TPSA) is 42.0 Å². The Balaban J connectivity index is 1.57. The van der Waals surface area contributed by atoms with E-state index in [0.29, 0.717) is 11.7 Å². The number of carbonyl (C=O) groups is 1. The van der Waals surface area contributed by atoms with Crippen molar-refractivity contribution < 1.29 is 4.79 Å². The Hall–Kier alpha value is -1.81. The van der Waals surface area contributed by atoms with Crippen molar-refractivity contribution in [2.24, 2.45) is 5.92 Å². The molecule has 0 bridgehead atoms. The maximum Gasteiger partial charge on any atom is 0.230 e. The Morgan fingerprint density at radius 3 is 2.62 bits per heavy atom. The number of benzene rings is 1. The lowest BCUT2D eigenvalue weighted by Crippen LogP contribution is -2.31. The van der Waals surface area contributed by atoms with Gasteiger partial charge in [0.15, 0.2) is 0 Å². The molecule has 1 aliphatic carbocycles. The molecular formula is C17H18N2OS. The van der Waals surface area contributed by atoms with Gasteiger partial charge in [0.1, 0.15) is 0 Å². The molecule has 3 rings (SSSR count). The second-order valence-corrected chi connectivity index (χ2v) is 6.25. The van der Waals surface area contributed by atoms with Crippen LogP contribution in [0.3, 0.4) is 0 Å². The smallest absolute Gasteiger partial charge is 0.230 e. The number of hydrogen-bond acceptors (Lipinski definition) is 3. The summed E-state index contributed by atoms with van der Waals surface area (Å²) in [6, 6.07) is 16.1. The molecule has 1 amide bonds. The highest BCUT2D eigenvalue weighted by atomic mass is 32.2. The molecule has 1 aromatic heterocycles. The maximum atomic E-state index is 12.2.